The van der Waals surface area contributed by atoms with Gasteiger partial charge in [0.1, 0.15) is 19.0 Å². The molecule has 0 saturated carbocycles. The van der Waals surface area contributed by atoms with Crippen molar-refractivity contribution >= 4 is 0 Å². The quantitative estimate of drug-likeness (QED) is 0.633. The number of rotatable bonds is 6. The van der Waals surface area contributed by atoms with Gasteiger partial charge in [-0.1, -0.05) is 11.8 Å². The SMILES string of the molecule is OCC#Cc1ccc(OCCOCC2CCCO2)cc1. The Labute approximate surface area is 119 Å². The van der Waals surface area contributed by atoms with Crippen molar-refractivity contribution in [3.8, 4) is 17.6 Å². The average molecular weight is 276 g/mol. The lowest BCUT2D eigenvalue weighted by Gasteiger charge is -2.10. The lowest BCUT2D eigenvalue weighted by Crippen LogP contribution is -2.17. The number of benzene rings is 1. The zero-order valence-corrected chi connectivity index (χ0v) is 11.5. The Hall–Kier alpha value is -1.54. The highest BCUT2D eigenvalue weighted by molar-refractivity contribution is 5.38. The van der Waals surface area contributed by atoms with Crippen molar-refractivity contribution in [2.75, 3.05) is 33.0 Å². The number of hydrogen-bond donors (Lipinski definition) is 1. The van der Waals surface area contributed by atoms with E-state index in [1.165, 1.54) is 0 Å². The van der Waals surface area contributed by atoms with Crippen LogP contribution in [0.2, 0.25) is 0 Å². The van der Waals surface area contributed by atoms with E-state index >= 15 is 0 Å². The fraction of sp³-hybridized carbons (Fsp3) is 0.500. The Morgan fingerprint density at radius 3 is 2.80 bits per heavy atom. The van der Waals surface area contributed by atoms with Crippen LogP contribution in [0.15, 0.2) is 24.3 Å². The number of ether oxygens (including phenoxy) is 3. The molecule has 0 bridgehead atoms. The zero-order chi connectivity index (χ0) is 14.0. The molecule has 1 unspecified atom stereocenters. The van der Waals surface area contributed by atoms with E-state index in [0.29, 0.717) is 19.8 Å². The minimum atomic E-state index is -0.125. The predicted molar refractivity (Wildman–Crippen MR) is 75.7 cm³/mol. The van der Waals surface area contributed by atoms with Crippen molar-refractivity contribution in [3.63, 3.8) is 0 Å². The third-order valence-corrected chi connectivity index (χ3v) is 2.99. The van der Waals surface area contributed by atoms with Crippen LogP contribution in [0.5, 0.6) is 5.75 Å². The van der Waals surface area contributed by atoms with Crippen LogP contribution in [0.25, 0.3) is 0 Å². The average Bonchev–Trinajstić information content (AvgIpc) is 2.99. The van der Waals surface area contributed by atoms with E-state index in [0.717, 1.165) is 30.8 Å². The first kappa shape index (κ1) is 14.9. The summed E-state index contributed by atoms with van der Waals surface area (Å²) in [6.45, 7) is 2.47. The molecule has 0 spiro atoms. The van der Waals surface area contributed by atoms with Gasteiger partial charge in [-0.3, -0.25) is 0 Å². The first-order valence-electron chi connectivity index (χ1n) is 6.90. The smallest absolute Gasteiger partial charge is 0.119 e. The fourth-order valence-electron chi connectivity index (χ4n) is 1.99. The van der Waals surface area contributed by atoms with Gasteiger partial charge >= 0.3 is 0 Å². The molecule has 1 atom stereocenters. The van der Waals surface area contributed by atoms with Gasteiger partial charge in [-0.25, -0.2) is 0 Å². The van der Waals surface area contributed by atoms with E-state index in [2.05, 4.69) is 11.8 Å². The molecule has 0 amide bonds. The van der Waals surface area contributed by atoms with Crippen LogP contribution in [0, 0.1) is 11.8 Å². The molecule has 4 heteroatoms. The number of aliphatic hydroxyl groups is 1. The maximum absolute atomic E-state index is 8.61. The first-order chi connectivity index (χ1) is 9.88. The highest BCUT2D eigenvalue weighted by Gasteiger charge is 2.14. The van der Waals surface area contributed by atoms with E-state index in [1.54, 1.807) is 0 Å². The lowest BCUT2D eigenvalue weighted by atomic mass is 10.2. The largest absolute Gasteiger partial charge is 0.491 e. The van der Waals surface area contributed by atoms with Crippen molar-refractivity contribution in [2.24, 2.45) is 0 Å². The Morgan fingerprint density at radius 2 is 2.10 bits per heavy atom. The van der Waals surface area contributed by atoms with Crippen LogP contribution in [0.4, 0.5) is 0 Å². The Bertz CT molecular complexity index is 438. The van der Waals surface area contributed by atoms with Gasteiger partial charge in [-0.15, -0.1) is 0 Å². The van der Waals surface area contributed by atoms with Crippen LogP contribution >= 0.6 is 0 Å². The zero-order valence-electron chi connectivity index (χ0n) is 11.5. The van der Waals surface area contributed by atoms with E-state index in [-0.39, 0.29) is 12.7 Å². The van der Waals surface area contributed by atoms with Crippen molar-refractivity contribution in [2.45, 2.75) is 18.9 Å². The summed E-state index contributed by atoms with van der Waals surface area (Å²) < 4.78 is 16.5. The molecule has 1 aromatic rings. The van der Waals surface area contributed by atoms with Crippen molar-refractivity contribution in [3.05, 3.63) is 29.8 Å². The van der Waals surface area contributed by atoms with Gasteiger partial charge in [0.05, 0.1) is 19.3 Å². The molecule has 4 nitrogen and oxygen atoms in total. The van der Waals surface area contributed by atoms with E-state index in [4.69, 9.17) is 19.3 Å². The van der Waals surface area contributed by atoms with Crippen LogP contribution in [0.3, 0.4) is 0 Å². The summed E-state index contributed by atoms with van der Waals surface area (Å²) in [5.41, 5.74) is 0.862. The molecule has 1 aliphatic heterocycles. The molecule has 0 radical (unpaired) electrons. The molecular formula is C16H20O4. The highest BCUT2D eigenvalue weighted by Crippen LogP contribution is 2.13. The number of hydrogen-bond acceptors (Lipinski definition) is 4. The third kappa shape index (κ3) is 5.22. The van der Waals surface area contributed by atoms with E-state index < -0.39 is 0 Å². The van der Waals surface area contributed by atoms with Crippen molar-refractivity contribution < 1.29 is 19.3 Å². The second-order valence-corrected chi connectivity index (χ2v) is 4.54. The number of aliphatic hydroxyl groups excluding tert-OH is 1. The molecule has 0 aromatic heterocycles. The monoisotopic (exact) mass is 276 g/mol. The minimum absolute atomic E-state index is 0.125. The second kappa shape index (κ2) is 8.60. The molecule has 20 heavy (non-hydrogen) atoms. The van der Waals surface area contributed by atoms with Crippen molar-refractivity contribution in [1.82, 2.24) is 0 Å². The minimum Gasteiger partial charge on any atom is -0.491 e. The van der Waals surface area contributed by atoms with Crippen LogP contribution < -0.4 is 4.74 Å². The van der Waals surface area contributed by atoms with Gasteiger partial charge in [0.25, 0.3) is 0 Å². The van der Waals surface area contributed by atoms with Gasteiger partial charge in [0, 0.05) is 12.2 Å². The molecule has 1 aliphatic rings. The Balaban J connectivity index is 1.61. The lowest BCUT2D eigenvalue weighted by molar-refractivity contribution is 0.00853. The molecule has 1 heterocycles. The molecule has 1 fully saturated rings. The molecular weight excluding hydrogens is 256 g/mol. The van der Waals surface area contributed by atoms with Crippen LogP contribution in [-0.4, -0.2) is 44.2 Å². The summed E-state index contributed by atoms with van der Waals surface area (Å²) in [7, 11) is 0. The molecule has 1 N–H and O–H groups in total. The maximum atomic E-state index is 8.61. The summed E-state index contributed by atoms with van der Waals surface area (Å²) in [6.07, 6.45) is 2.49. The maximum Gasteiger partial charge on any atom is 0.119 e. The first-order valence-corrected chi connectivity index (χ1v) is 6.90. The summed E-state index contributed by atoms with van der Waals surface area (Å²) in [5, 5.41) is 8.61. The highest BCUT2D eigenvalue weighted by atomic mass is 16.5. The Morgan fingerprint density at radius 1 is 1.25 bits per heavy atom. The normalized spacial score (nSPS) is 17.6. The van der Waals surface area contributed by atoms with Crippen LogP contribution in [0.1, 0.15) is 18.4 Å². The van der Waals surface area contributed by atoms with E-state index in [9.17, 15) is 0 Å². The van der Waals surface area contributed by atoms with Gasteiger partial charge in [-0.2, -0.15) is 0 Å². The third-order valence-electron chi connectivity index (χ3n) is 2.99. The molecule has 1 aromatic carbocycles. The molecule has 2 rings (SSSR count). The second-order valence-electron chi connectivity index (χ2n) is 4.54. The summed E-state index contributed by atoms with van der Waals surface area (Å²) in [4.78, 5) is 0. The summed E-state index contributed by atoms with van der Waals surface area (Å²) >= 11 is 0. The van der Waals surface area contributed by atoms with Gasteiger partial charge in [0.2, 0.25) is 0 Å². The molecule has 108 valence electrons. The van der Waals surface area contributed by atoms with E-state index in [1.807, 2.05) is 24.3 Å². The van der Waals surface area contributed by atoms with Gasteiger partial charge in [-0.05, 0) is 37.1 Å². The summed E-state index contributed by atoms with van der Waals surface area (Å²) in [6, 6.07) is 7.46. The molecule has 1 saturated heterocycles. The van der Waals surface area contributed by atoms with Gasteiger partial charge in [0.15, 0.2) is 0 Å². The van der Waals surface area contributed by atoms with Crippen LogP contribution in [-0.2, 0) is 9.47 Å². The van der Waals surface area contributed by atoms with Gasteiger partial charge < -0.3 is 19.3 Å². The topological polar surface area (TPSA) is 47.9 Å². The van der Waals surface area contributed by atoms with Crippen molar-refractivity contribution in [1.29, 1.82) is 0 Å². The Kier molecular flexibility index (Phi) is 6.39. The summed E-state index contributed by atoms with van der Waals surface area (Å²) in [5.74, 6) is 6.23. The fourth-order valence-corrected chi connectivity index (χ4v) is 1.99. The molecule has 0 aliphatic carbocycles. The standard InChI is InChI=1S/C16H20O4/c17-9-1-3-14-5-7-15(8-6-14)20-12-11-18-13-16-4-2-10-19-16/h5-8,16-17H,2,4,9-13H2. The predicted octanol–water partition coefficient (Wildman–Crippen LogP) is 1.60.